The van der Waals surface area contributed by atoms with Gasteiger partial charge in [-0.15, -0.1) is 0 Å². The molecule has 1 aromatic rings. The molecule has 31 heavy (non-hydrogen) atoms. The molecule has 0 N–H and O–H groups in total. The minimum absolute atomic E-state index is 0.0749. The van der Waals surface area contributed by atoms with E-state index in [1.54, 1.807) is 14.2 Å². The number of piperidine rings is 1. The molecule has 3 heterocycles. The average molecular weight is 430 g/mol. The van der Waals surface area contributed by atoms with Crippen molar-refractivity contribution in [2.24, 2.45) is 5.92 Å². The summed E-state index contributed by atoms with van der Waals surface area (Å²) in [6.07, 6.45) is 6.19. The third-order valence-electron chi connectivity index (χ3n) is 7.80. The van der Waals surface area contributed by atoms with E-state index in [0.29, 0.717) is 25.4 Å². The van der Waals surface area contributed by atoms with E-state index < -0.39 is 11.2 Å². The van der Waals surface area contributed by atoms with Crippen LogP contribution in [0.3, 0.4) is 0 Å². The minimum Gasteiger partial charge on any atom is -0.493 e. The van der Waals surface area contributed by atoms with E-state index in [2.05, 4.69) is 6.07 Å². The Labute approximate surface area is 183 Å². The quantitative estimate of drug-likeness (QED) is 0.688. The van der Waals surface area contributed by atoms with E-state index in [0.717, 1.165) is 56.3 Å². The number of methoxy groups -OCH3 is 2. The van der Waals surface area contributed by atoms with E-state index in [4.69, 9.17) is 18.9 Å². The molecule has 4 aliphatic rings. The number of hydrogen-bond donors (Lipinski definition) is 0. The molecular weight excluding hydrogens is 398 g/mol. The smallest absolute Gasteiger partial charge is 0.307 e. The van der Waals surface area contributed by atoms with Crippen molar-refractivity contribution in [3.05, 3.63) is 23.3 Å². The van der Waals surface area contributed by atoms with Crippen LogP contribution in [0.4, 0.5) is 0 Å². The second-order valence-corrected chi connectivity index (χ2v) is 9.29. The van der Waals surface area contributed by atoms with Crippen LogP contribution < -0.4 is 9.47 Å². The highest BCUT2D eigenvalue weighted by Gasteiger charge is 2.55. The van der Waals surface area contributed by atoms with Crippen molar-refractivity contribution < 1.29 is 28.5 Å². The Morgan fingerprint density at radius 2 is 1.74 bits per heavy atom. The van der Waals surface area contributed by atoms with Gasteiger partial charge in [-0.05, 0) is 68.2 Å². The highest BCUT2D eigenvalue weighted by atomic mass is 16.6. The van der Waals surface area contributed by atoms with Crippen molar-refractivity contribution in [2.45, 2.75) is 62.6 Å². The molecule has 1 aromatic carbocycles. The molecule has 1 amide bonds. The van der Waals surface area contributed by atoms with Crippen molar-refractivity contribution in [1.29, 1.82) is 0 Å². The molecule has 0 radical (unpaired) electrons. The van der Waals surface area contributed by atoms with E-state index >= 15 is 0 Å². The molecule has 1 unspecified atom stereocenters. The number of rotatable bonds is 3. The molecule has 7 nitrogen and oxygen atoms in total. The summed E-state index contributed by atoms with van der Waals surface area (Å²) < 4.78 is 23.1. The molecule has 1 aliphatic carbocycles. The molecule has 5 rings (SSSR count). The summed E-state index contributed by atoms with van der Waals surface area (Å²) in [5.41, 5.74) is 1.41. The molecule has 1 saturated carbocycles. The number of hydrogen-bond acceptors (Lipinski definition) is 6. The Kier molecular flexibility index (Phi) is 5.12. The van der Waals surface area contributed by atoms with Gasteiger partial charge in [-0.1, -0.05) is 0 Å². The van der Waals surface area contributed by atoms with Crippen LogP contribution in [0, 0.1) is 5.92 Å². The number of carbonyl (C=O) groups excluding carboxylic acids is 2. The Morgan fingerprint density at radius 1 is 1.06 bits per heavy atom. The lowest BCUT2D eigenvalue weighted by molar-refractivity contribution is -0.154. The van der Waals surface area contributed by atoms with Crippen LogP contribution in [0.25, 0.3) is 0 Å². The maximum atomic E-state index is 13.4. The predicted octanol–water partition coefficient (Wildman–Crippen LogP) is 2.97. The van der Waals surface area contributed by atoms with Gasteiger partial charge in [-0.3, -0.25) is 9.59 Å². The van der Waals surface area contributed by atoms with Crippen molar-refractivity contribution in [1.82, 2.24) is 4.90 Å². The van der Waals surface area contributed by atoms with Gasteiger partial charge >= 0.3 is 5.97 Å². The summed E-state index contributed by atoms with van der Waals surface area (Å²) in [5, 5.41) is 0. The van der Waals surface area contributed by atoms with Crippen LogP contribution in [-0.4, -0.2) is 56.3 Å². The van der Waals surface area contributed by atoms with E-state index in [-0.39, 0.29) is 24.2 Å². The predicted molar refractivity (Wildman–Crippen MR) is 112 cm³/mol. The summed E-state index contributed by atoms with van der Waals surface area (Å²) in [5.74, 6) is 0.957. The van der Waals surface area contributed by atoms with Crippen molar-refractivity contribution in [3.63, 3.8) is 0 Å². The average Bonchev–Trinajstić information content (AvgIpc) is 3.39. The van der Waals surface area contributed by atoms with Gasteiger partial charge in [0, 0.05) is 13.1 Å². The van der Waals surface area contributed by atoms with Crippen molar-refractivity contribution >= 4 is 11.9 Å². The maximum absolute atomic E-state index is 13.4. The standard InChI is InChI=1S/C24H31NO6/c1-28-19-13-16-5-12-30-23(17(16)14-20(19)29-2)8-10-25(11-9-23)22(27)18-15-21(26)31-24(18)6-3-4-7-24/h13-14,18H,3-12,15H2,1-2H3. The van der Waals surface area contributed by atoms with Gasteiger partial charge in [0.2, 0.25) is 5.91 Å². The van der Waals surface area contributed by atoms with E-state index in [9.17, 15) is 9.59 Å². The molecule has 168 valence electrons. The fraction of sp³-hybridized carbons (Fsp3) is 0.667. The van der Waals surface area contributed by atoms with Gasteiger partial charge < -0.3 is 23.8 Å². The number of carbonyl (C=O) groups is 2. The Morgan fingerprint density at radius 3 is 2.42 bits per heavy atom. The molecule has 2 saturated heterocycles. The van der Waals surface area contributed by atoms with Gasteiger partial charge in [-0.2, -0.15) is 0 Å². The molecule has 7 heteroatoms. The highest BCUT2D eigenvalue weighted by molar-refractivity contribution is 5.88. The number of nitrogens with zero attached hydrogens (tertiary/aromatic N) is 1. The van der Waals surface area contributed by atoms with Gasteiger partial charge in [0.1, 0.15) is 5.60 Å². The first-order valence-electron chi connectivity index (χ1n) is 11.4. The van der Waals surface area contributed by atoms with Gasteiger partial charge in [0.15, 0.2) is 11.5 Å². The van der Waals surface area contributed by atoms with Crippen LogP contribution in [0.2, 0.25) is 0 Å². The lowest BCUT2D eigenvalue weighted by Crippen LogP contribution is -2.52. The normalized spacial score (nSPS) is 26.1. The molecule has 3 fully saturated rings. The summed E-state index contributed by atoms with van der Waals surface area (Å²) >= 11 is 0. The fourth-order valence-electron chi connectivity index (χ4n) is 6.14. The summed E-state index contributed by atoms with van der Waals surface area (Å²) in [4.78, 5) is 27.4. The fourth-order valence-corrected chi connectivity index (χ4v) is 6.14. The topological polar surface area (TPSA) is 74.3 Å². The minimum atomic E-state index is -0.554. The first-order valence-corrected chi connectivity index (χ1v) is 11.4. The molecule has 2 spiro atoms. The van der Waals surface area contributed by atoms with Gasteiger partial charge in [-0.25, -0.2) is 0 Å². The molecule has 0 bridgehead atoms. The number of benzene rings is 1. The number of ether oxygens (including phenoxy) is 4. The summed E-state index contributed by atoms with van der Waals surface area (Å²) in [7, 11) is 3.30. The van der Waals surface area contributed by atoms with Crippen LogP contribution in [0.5, 0.6) is 11.5 Å². The van der Waals surface area contributed by atoms with Crippen LogP contribution in [0.15, 0.2) is 12.1 Å². The zero-order valence-corrected chi connectivity index (χ0v) is 18.4. The van der Waals surface area contributed by atoms with Crippen molar-refractivity contribution in [3.8, 4) is 11.5 Å². The van der Waals surface area contributed by atoms with Crippen LogP contribution in [-0.2, 0) is 31.1 Å². The lowest BCUT2D eigenvalue weighted by atomic mass is 9.78. The zero-order valence-electron chi connectivity index (χ0n) is 18.4. The molecule has 3 aliphatic heterocycles. The lowest BCUT2D eigenvalue weighted by Gasteiger charge is -2.46. The summed E-state index contributed by atoms with van der Waals surface area (Å²) in [6.45, 7) is 1.89. The van der Waals surface area contributed by atoms with Gasteiger partial charge in [0.25, 0.3) is 0 Å². The van der Waals surface area contributed by atoms with Gasteiger partial charge in [0.05, 0.1) is 38.8 Å². The zero-order chi connectivity index (χ0) is 21.6. The Bertz CT molecular complexity index is 882. The van der Waals surface area contributed by atoms with Crippen LogP contribution in [0.1, 0.15) is 56.1 Å². The third-order valence-corrected chi connectivity index (χ3v) is 7.80. The largest absolute Gasteiger partial charge is 0.493 e. The summed E-state index contributed by atoms with van der Waals surface area (Å²) in [6, 6.07) is 4.10. The highest BCUT2D eigenvalue weighted by Crippen LogP contribution is 2.48. The second kappa shape index (κ2) is 7.69. The Balaban J connectivity index is 1.35. The second-order valence-electron chi connectivity index (χ2n) is 9.29. The monoisotopic (exact) mass is 429 g/mol. The molecule has 0 aromatic heterocycles. The maximum Gasteiger partial charge on any atom is 0.307 e. The SMILES string of the molecule is COc1cc2c(cc1OC)C1(CCN(C(=O)C3CC(=O)OC34CCCC4)CC1)OCC2. The third kappa shape index (κ3) is 3.28. The number of likely N-dealkylation sites (tertiary alicyclic amines) is 1. The molecule has 1 atom stereocenters. The molecular formula is C24H31NO6. The first kappa shape index (κ1) is 20.6. The first-order chi connectivity index (χ1) is 15.0. The number of esters is 1. The number of fused-ring (bicyclic) bond motifs is 2. The Hall–Kier alpha value is -2.28. The van der Waals surface area contributed by atoms with Crippen LogP contribution >= 0.6 is 0 Å². The van der Waals surface area contributed by atoms with E-state index in [1.165, 1.54) is 5.56 Å². The van der Waals surface area contributed by atoms with E-state index in [1.807, 2.05) is 11.0 Å². The number of amides is 1. The van der Waals surface area contributed by atoms with Crippen molar-refractivity contribution in [2.75, 3.05) is 33.9 Å².